The third kappa shape index (κ3) is 1.91. The van der Waals surface area contributed by atoms with E-state index in [2.05, 4.69) is 35.2 Å². The normalized spacial score (nSPS) is 25.4. The second kappa shape index (κ2) is 5.22. The van der Waals surface area contributed by atoms with E-state index >= 15 is 0 Å². The zero-order chi connectivity index (χ0) is 17.9. The fourth-order valence-electron chi connectivity index (χ4n) is 5.25. The number of hydrogen-bond donors (Lipinski definition) is 0. The molecule has 1 aromatic carbocycles. The van der Waals surface area contributed by atoms with Gasteiger partial charge in [-0.05, 0) is 54.0 Å². The molecule has 0 amide bonds. The summed E-state index contributed by atoms with van der Waals surface area (Å²) in [7, 11) is 0. The first kappa shape index (κ1) is 15.7. The van der Waals surface area contributed by atoms with Crippen LogP contribution in [0, 0.1) is 11.2 Å². The van der Waals surface area contributed by atoms with Crippen molar-refractivity contribution < 1.29 is 4.39 Å². The molecule has 0 saturated heterocycles. The highest BCUT2D eigenvalue weighted by molar-refractivity contribution is 5.62. The van der Waals surface area contributed by atoms with Gasteiger partial charge in [-0.2, -0.15) is 15.3 Å². The Labute approximate surface area is 152 Å². The molecule has 2 aliphatic carbocycles. The van der Waals surface area contributed by atoms with E-state index in [-0.39, 0.29) is 16.6 Å². The van der Waals surface area contributed by atoms with Gasteiger partial charge in [-0.25, -0.2) is 4.39 Å². The lowest BCUT2D eigenvalue weighted by atomic mass is 9.68. The van der Waals surface area contributed by atoms with E-state index in [1.165, 1.54) is 11.6 Å². The second-order valence-corrected chi connectivity index (χ2v) is 8.11. The summed E-state index contributed by atoms with van der Waals surface area (Å²) in [4.78, 5) is 0. The summed E-state index contributed by atoms with van der Waals surface area (Å²) in [5.41, 5.74) is 3.46. The lowest BCUT2D eigenvalue weighted by molar-refractivity contribution is 0.173. The number of halogens is 1. The molecular formula is C21H21FN4. The molecule has 0 spiro atoms. The molecular weight excluding hydrogens is 327 g/mol. The summed E-state index contributed by atoms with van der Waals surface area (Å²) in [5.74, 6) is 0.171. The fraction of sp³-hybridized carbons (Fsp3) is 0.381. The summed E-state index contributed by atoms with van der Waals surface area (Å²) < 4.78 is 16.2. The molecule has 132 valence electrons. The van der Waals surface area contributed by atoms with Gasteiger partial charge in [0, 0.05) is 23.4 Å². The first-order valence-electron chi connectivity index (χ1n) is 9.13. The molecule has 0 N–H and O–H groups in total. The molecule has 2 atom stereocenters. The van der Waals surface area contributed by atoms with Crippen LogP contribution in [0.25, 0.3) is 11.3 Å². The van der Waals surface area contributed by atoms with E-state index < -0.39 is 0 Å². The molecule has 2 heterocycles. The number of benzene rings is 1. The summed E-state index contributed by atoms with van der Waals surface area (Å²) in [6, 6.07) is 10.8. The standard InChI is InChI=1S/C21H21FN4/c1-20(2)16-8-9-21(20,13-26-11-5-10-23-26)19-15(16)12-18(24-25-19)14-6-3-4-7-17(14)22/h3-7,10-12,16H,8-9,13H2,1-2H3/t16-,21-/m1/s1. The highest BCUT2D eigenvalue weighted by Crippen LogP contribution is 2.67. The third-order valence-electron chi connectivity index (χ3n) is 6.76. The van der Waals surface area contributed by atoms with Crippen LogP contribution in [-0.2, 0) is 12.0 Å². The zero-order valence-electron chi connectivity index (χ0n) is 15.0. The van der Waals surface area contributed by atoms with Crippen LogP contribution in [0.1, 0.15) is 43.9 Å². The number of nitrogens with zero attached hydrogens (tertiary/aromatic N) is 4. The Morgan fingerprint density at radius 3 is 2.81 bits per heavy atom. The van der Waals surface area contributed by atoms with Crippen molar-refractivity contribution in [2.75, 3.05) is 0 Å². The maximum absolute atomic E-state index is 14.2. The van der Waals surface area contributed by atoms with Crippen LogP contribution in [0.2, 0.25) is 0 Å². The van der Waals surface area contributed by atoms with Gasteiger partial charge >= 0.3 is 0 Å². The van der Waals surface area contributed by atoms with Gasteiger partial charge in [-0.1, -0.05) is 26.0 Å². The van der Waals surface area contributed by atoms with Crippen LogP contribution >= 0.6 is 0 Å². The smallest absolute Gasteiger partial charge is 0.132 e. The predicted octanol–water partition coefficient (Wildman–Crippen LogP) is 4.33. The summed E-state index contributed by atoms with van der Waals surface area (Å²) in [6.07, 6.45) is 6.05. The quantitative estimate of drug-likeness (QED) is 0.707. The Morgan fingerprint density at radius 2 is 2.04 bits per heavy atom. The van der Waals surface area contributed by atoms with Gasteiger partial charge in [0.1, 0.15) is 5.82 Å². The van der Waals surface area contributed by atoms with E-state index in [9.17, 15) is 4.39 Å². The number of aromatic nitrogens is 4. The molecule has 3 aromatic rings. The minimum atomic E-state index is -0.254. The Morgan fingerprint density at radius 1 is 1.19 bits per heavy atom. The van der Waals surface area contributed by atoms with Crippen LogP contribution in [0.3, 0.4) is 0 Å². The summed E-state index contributed by atoms with van der Waals surface area (Å²) >= 11 is 0. The van der Waals surface area contributed by atoms with Crippen molar-refractivity contribution in [1.29, 1.82) is 0 Å². The van der Waals surface area contributed by atoms with Gasteiger partial charge in [0.25, 0.3) is 0 Å². The summed E-state index contributed by atoms with van der Waals surface area (Å²) in [6.45, 7) is 5.47. The Balaban J connectivity index is 1.65. The van der Waals surface area contributed by atoms with Crippen molar-refractivity contribution in [1.82, 2.24) is 20.0 Å². The number of rotatable bonds is 3. The van der Waals surface area contributed by atoms with Gasteiger partial charge in [0.2, 0.25) is 0 Å². The first-order chi connectivity index (χ1) is 12.5. The van der Waals surface area contributed by atoms with E-state index in [0.717, 1.165) is 25.1 Å². The third-order valence-corrected chi connectivity index (χ3v) is 6.76. The minimum absolute atomic E-state index is 0.0697. The highest BCUT2D eigenvalue weighted by Gasteiger charge is 2.63. The Kier molecular flexibility index (Phi) is 3.15. The van der Waals surface area contributed by atoms with Gasteiger partial charge in [-0.15, -0.1) is 0 Å². The molecule has 0 radical (unpaired) electrons. The number of hydrogen-bond acceptors (Lipinski definition) is 3. The van der Waals surface area contributed by atoms with Crippen molar-refractivity contribution in [3.8, 4) is 11.3 Å². The van der Waals surface area contributed by atoms with E-state index in [0.29, 0.717) is 17.2 Å². The largest absolute Gasteiger partial charge is 0.272 e. The average molecular weight is 348 g/mol. The van der Waals surface area contributed by atoms with Crippen LogP contribution in [0.5, 0.6) is 0 Å². The van der Waals surface area contributed by atoms with E-state index in [1.54, 1.807) is 12.1 Å². The SMILES string of the molecule is CC1(C)[C@@H]2CC[C@@]1(Cn1cccn1)c1nnc(-c3ccccc3F)cc12. The molecule has 0 unspecified atom stereocenters. The highest BCUT2D eigenvalue weighted by atomic mass is 19.1. The molecule has 1 saturated carbocycles. The molecule has 26 heavy (non-hydrogen) atoms. The van der Waals surface area contributed by atoms with E-state index in [1.807, 2.05) is 29.2 Å². The van der Waals surface area contributed by atoms with Crippen molar-refractivity contribution in [2.45, 2.75) is 44.6 Å². The molecule has 2 aromatic heterocycles. The summed E-state index contributed by atoms with van der Waals surface area (Å²) in [5, 5.41) is 13.5. The second-order valence-electron chi connectivity index (χ2n) is 8.11. The predicted molar refractivity (Wildman–Crippen MR) is 97.1 cm³/mol. The monoisotopic (exact) mass is 348 g/mol. The molecule has 0 aliphatic heterocycles. The van der Waals surface area contributed by atoms with Gasteiger partial charge in [0.05, 0.1) is 17.9 Å². The van der Waals surface area contributed by atoms with Gasteiger partial charge in [0.15, 0.2) is 0 Å². The van der Waals surface area contributed by atoms with Crippen molar-refractivity contribution in [3.05, 3.63) is 65.9 Å². The lowest BCUT2D eigenvalue weighted by Gasteiger charge is -2.37. The van der Waals surface area contributed by atoms with Gasteiger partial charge in [-0.3, -0.25) is 4.68 Å². The van der Waals surface area contributed by atoms with Gasteiger partial charge < -0.3 is 0 Å². The van der Waals surface area contributed by atoms with E-state index in [4.69, 9.17) is 0 Å². The molecule has 2 aliphatic rings. The Hall–Kier alpha value is -2.56. The van der Waals surface area contributed by atoms with Crippen LogP contribution < -0.4 is 0 Å². The zero-order valence-corrected chi connectivity index (χ0v) is 15.0. The van der Waals surface area contributed by atoms with Crippen molar-refractivity contribution in [3.63, 3.8) is 0 Å². The average Bonchev–Trinajstić information content (AvgIpc) is 3.27. The fourth-order valence-corrected chi connectivity index (χ4v) is 5.25. The molecule has 5 rings (SSSR count). The van der Waals surface area contributed by atoms with Crippen LogP contribution in [0.4, 0.5) is 4.39 Å². The molecule has 4 nitrogen and oxygen atoms in total. The molecule has 2 bridgehead atoms. The van der Waals surface area contributed by atoms with Crippen molar-refractivity contribution in [2.24, 2.45) is 5.41 Å². The first-order valence-corrected chi connectivity index (χ1v) is 9.13. The maximum Gasteiger partial charge on any atom is 0.132 e. The minimum Gasteiger partial charge on any atom is -0.272 e. The maximum atomic E-state index is 14.2. The number of fused-ring (bicyclic) bond motifs is 5. The molecule has 5 heteroatoms. The topological polar surface area (TPSA) is 43.6 Å². The van der Waals surface area contributed by atoms with Crippen molar-refractivity contribution >= 4 is 0 Å². The van der Waals surface area contributed by atoms with Crippen LogP contribution in [0.15, 0.2) is 48.8 Å². The lowest BCUT2D eigenvalue weighted by Crippen LogP contribution is -2.40. The Bertz CT molecular complexity index is 979. The molecule has 1 fully saturated rings. The van der Waals surface area contributed by atoms with Crippen LogP contribution in [-0.4, -0.2) is 20.0 Å².